The molecule has 122 valence electrons. The van der Waals surface area contributed by atoms with E-state index in [0.29, 0.717) is 25.5 Å². The zero-order valence-corrected chi connectivity index (χ0v) is 13.7. The van der Waals surface area contributed by atoms with Gasteiger partial charge in [0.25, 0.3) is 0 Å². The molecule has 3 aromatic rings. The number of primary amides is 1. The Balaban J connectivity index is 1.82. The highest BCUT2D eigenvalue weighted by atomic mass is 32.1. The third-order valence-electron chi connectivity index (χ3n) is 4.01. The third-order valence-corrected chi connectivity index (χ3v) is 4.87. The van der Waals surface area contributed by atoms with Crippen LogP contribution in [0, 0.1) is 0 Å². The van der Waals surface area contributed by atoms with E-state index in [1.807, 2.05) is 41.8 Å². The average Bonchev–Trinajstić information content (AvgIpc) is 3.15. The number of benzene rings is 1. The summed E-state index contributed by atoms with van der Waals surface area (Å²) in [7, 11) is 0. The number of hydrogen-bond donors (Lipinski definition) is 1. The number of para-hydroxylation sites is 1. The Morgan fingerprint density at radius 3 is 2.92 bits per heavy atom. The predicted molar refractivity (Wildman–Crippen MR) is 94.0 cm³/mol. The van der Waals surface area contributed by atoms with Crippen molar-refractivity contribution in [2.45, 2.75) is 6.10 Å². The maximum atomic E-state index is 11.5. The van der Waals surface area contributed by atoms with Gasteiger partial charge in [-0.1, -0.05) is 18.2 Å². The van der Waals surface area contributed by atoms with Crippen LogP contribution in [-0.2, 0) is 9.53 Å². The molecule has 1 saturated heterocycles. The summed E-state index contributed by atoms with van der Waals surface area (Å²) < 4.78 is 5.45. The van der Waals surface area contributed by atoms with Crippen molar-refractivity contribution in [2.75, 3.05) is 24.6 Å². The first-order valence-corrected chi connectivity index (χ1v) is 8.57. The Labute approximate surface area is 142 Å². The third kappa shape index (κ3) is 2.72. The van der Waals surface area contributed by atoms with Crippen LogP contribution in [-0.4, -0.2) is 41.7 Å². The number of nitrogens with zero attached hydrogens (tertiary/aromatic N) is 3. The minimum absolute atomic E-state index is 0.403. The molecule has 2 N–H and O–H groups in total. The van der Waals surface area contributed by atoms with E-state index in [1.54, 1.807) is 11.3 Å². The molecule has 0 aliphatic carbocycles. The number of carbonyl (C=O) groups is 1. The van der Waals surface area contributed by atoms with Crippen molar-refractivity contribution >= 4 is 34.0 Å². The highest BCUT2D eigenvalue weighted by Gasteiger charge is 2.27. The van der Waals surface area contributed by atoms with E-state index < -0.39 is 12.0 Å². The van der Waals surface area contributed by atoms with E-state index in [-0.39, 0.29) is 0 Å². The lowest BCUT2D eigenvalue weighted by Crippen LogP contribution is -2.48. The molecule has 4 rings (SSSR count). The number of rotatable bonds is 3. The Hall–Kier alpha value is -2.51. The monoisotopic (exact) mass is 340 g/mol. The second-order valence-corrected chi connectivity index (χ2v) is 6.52. The zero-order valence-electron chi connectivity index (χ0n) is 12.9. The molecule has 24 heavy (non-hydrogen) atoms. The molecule has 1 aromatic carbocycles. The maximum Gasteiger partial charge on any atom is 0.248 e. The van der Waals surface area contributed by atoms with E-state index in [2.05, 4.69) is 9.88 Å². The van der Waals surface area contributed by atoms with Gasteiger partial charge in [0.15, 0.2) is 11.9 Å². The first-order chi connectivity index (χ1) is 11.7. The number of aromatic nitrogens is 2. The van der Waals surface area contributed by atoms with E-state index in [4.69, 9.17) is 15.5 Å². The number of amides is 1. The minimum Gasteiger partial charge on any atom is -0.367 e. The molecule has 1 aliphatic heterocycles. The first-order valence-electron chi connectivity index (χ1n) is 7.69. The van der Waals surface area contributed by atoms with Crippen LogP contribution in [0.3, 0.4) is 0 Å². The van der Waals surface area contributed by atoms with Crippen LogP contribution in [0.1, 0.15) is 0 Å². The van der Waals surface area contributed by atoms with Gasteiger partial charge in [0, 0.05) is 11.9 Å². The lowest BCUT2D eigenvalue weighted by atomic mass is 10.2. The van der Waals surface area contributed by atoms with Crippen molar-refractivity contribution in [1.82, 2.24) is 9.97 Å². The van der Waals surface area contributed by atoms with Crippen molar-refractivity contribution in [2.24, 2.45) is 5.73 Å². The molecule has 0 radical (unpaired) electrons. The average molecular weight is 340 g/mol. The molecule has 7 heteroatoms. The number of anilines is 1. The molecular formula is C17H16N4O2S. The van der Waals surface area contributed by atoms with Crippen LogP contribution in [0.4, 0.5) is 5.82 Å². The van der Waals surface area contributed by atoms with Crippen molar-refractivity contribution in [1.29, 1.82) is 0 Å². The van der Waals surface area contributed by atoms with Crippen molar-refractivity contribution < 1.29 is 9.53 Å². The lowest BCUT2D eigenvalue weighted by Gasteiger charge is -2.32. The van der Waals surface area contributed by atoms with Crippen LogP contribution in [0.25, 0.3) is 21.6 Å². The quantitative estimate of drug-likeness (QED) is 0.789. The molecule has 0 saturated carbocycles. The summed E-state index contributed by atoms with van der Waals surface area (Å²) in [5, 5.41) is 2.97. The highest BCUT2D eigenvalue weighted by Crippen LogP contribution is 2.30. The number of morpholine rings is 1. The van der Waals surface area contributed by atoms with Crippen LogP contribution in [0.5, 0.6) is 0 Å². The number of carbonyl (C=O) groups excluding carboxylic acids is 1. The summed E-state index contributed by atoms with van der Waals surface area (Å²) in [6.07, 6.45) is -0.613. The first kappa shape index (κ1) is 15.0. The van der Waals surface area contributed by atoms with Gasteiger partial charge in [-0.25, -0.2) is 9.97 Å². The van der Waals surface area contributed by atoms with E-state index in [0.717, 1.165) is 21.6 Å². The molecule has 0 spiro atoms. The predicted octanol–water partition coefficient (Wildman–Crippen LogP) is 2.05. The molecule has 0 bridgehead atoms. The Morgan fingerprint density at radius 2 is 2.12 bits per heavy atom. The number of fused-ring (bicyclic) bond motifs is 1. The normalized spacial score (nSPS) is 18.0. The summed E-state index contributed by atoms with van der Waals surface area (Å²) in [5.74, 6) is 1.07. The van der Waals surface area contributed by atoms with Gasteiger partial charge in [0.1, 0.15) is 5.82 Å². The van der Waals surface area contributed by atoms with Crippen molar-refractivity contribution in [3.8, 4) is 10.7 Å². The number of nitrogens with two attached hydrogens (primary N) is 1. The standard InChI is InChI=1S/C17H16N4O2S/c18-15(22)13-10-21(7-8-23-13)17-11-4-1-2-5-12(11)19-16(20-17)14-6-3-9-24-14/h1-6,9,13H,7-8,10H2,(H2,18,22)/t13-/m0/s1. The van der Waals surface area contributed by atoms with Gasteiger partial charge in [-0.15, -0.1) is 11.3 Å². The Bertz CT molecular complexity index is 881. The number of hydrogen-bond acceptors (Lipinski definition) is 6. The summed E-state index contributed by atoms with van der Waals surface area (Å²) in [6.45, 7) is 1.51. The van der Waals surface area contributed by atoms with Crippen molar-refractivity contribution in [3.63, 3.8) is 0 Å². The summed E-state index contributed by atoms with van der Waals surface area (Å²) in [4.78, 5) is 24.0. The topological polar surface area (TPSA) is 81.3 Å². The van der Waals surface area contributed by atoms with Crippen LogP contribution in [0.2, 0.25) is 0 Å². The van der Waals surface area contributed by atoms with E-state index >= 15 is 0 Å². The fraction of sp³-hybridized carbons (Fsp3) is 0.235. The van der Waals surface area contributed by atoms with E-state index in [9.17, 15) is 4.79 Å². The molecule has 1 aliphatic rings. The maximum absolute atomic E-state index is 11.5. The van der Waals surface area contributed by atoms with Gasteiger partial charge < -0.3 is 15.4 Å². The summed E-state index contributed by atoms with van der Waals surface area (Å²) in [6, 6.07) is 11.9. The molecule has 6 nitrogen and oxygen atoms in total. The summed E-state index contributed by atoms with van der Waals surface area (Å²) in [5.41, 5.74) is 6.29. The largest absolute Gasteiger partial charge is 0.367 e. The Morgan fingerprint density at radius 1 is 1.25 bits per heavy atom. The molecule has 3 heterocycles. The SMILES string of the molecule is NC(=O)[C@@H]1CN(c2nc(-c3cccs3)nc3ccccc23)CCO1. The summed E-state index contributed by atoms with van der Waals surface area (Å²) >= 11 is 1.60. The molecular weight excluding hydrogens is 324 g/mol. The smallest absolute Gasteiger partial charge is 0.248 e. The molecule has 0 unspecified atom stereocenters. The molecule has 2 aromatic heterocycles. The molecule has 1 fully saturated rings. The molecule has 1 amide bonds. The fourth-order valence-corrected chi connectivity index (χ4v) is 3.49. The van der Waals surface area contributed by atoms with Crippen molar-refractivity contribution in [3.05, 3.63) is 41.8 Å². The lowest BCUT2D eigenvalue weighted by molar-refractivity contribution is -0.130. The second-order valence-electron chi connectivity index (χ2n) is 5.57. The van der Waals surface area contributed by atoms with Gasteiger partial charge in [-0.2, -0.15) is 0 Å². The van der Waals surface area contributed by atoms with E-state index in [1.165, 1.54) is 0 Å². The van der Waals surface area contributed by atoms with Gasteiger partial charge in [0.2, 0.25) is 5.91 Å². The Kier molecular flexibility index (Phi) is 3.87. The van der Waals surface area contributed by atoms with Gasteiger partial charge in [-0.3, -0.25) is 4.79 Å². The second kappa shape index (κ2) is 6.18. The highest BCUT2D eigenvalue weighted by molar-refractivity contribution is 7.13. The van der Waals surface area contributed by atoms with Gasteiger partial charge >= 0.3 is 0 Å². The molecule has 1 atom stereocenters. The fourth-order valence-electron chi connectivity index (χ4n) is 2.83. The van der Waals surface area contributed by atoms with Gasteiger partial charge in [0.05, 0.1) is 23.5 Å². The number of thiophene rings is 1. The van der Waals surface area contributed by atoms with Crippen LogP contribution >= 0.6 is 11.3 Å². The zero-order chi connectivity index (χ0) is 16.5. The van der Waals surface area contributed by atoms with Crippen LogP contribution in [0.15, 0.2) is 41.8 Å². The van der Waals surface area contributed by atoms with Crippen LogP contribution < -0.4 is 10.6 Å². The number of ether oxygens (including phenoxy) is 1. The minimum atomic E-state index is -0.613. The van der Waals surface area contributed by atoms with Gasteiger partial charge in [-0.05, 0) is 23.6 Å².